The largest absolute Gasteiger partial charge is 0.740 e. The van der Waals surface area contributed by atoms with Crippen molar-refractivity contribution in [2.75, 3.05) is 5.32 Å². The van der Waals surface area contributed by atoms with Gasteiger partial charge in [0.2, 0.25) is 5.78 Å². The maximum absolute atomic E-state index is 11.0. The topological polar surface area (TPSA) is 87.0 Å². The zero-order valence-corrected chi connectivity index (χ0v) is 6.23. The molecule has 1 atom stereocenters. The van der Waals surface area contributed by atoms with Gasteiger partial charge in [0, 0.05) is 0 Å². The van der Waals surface area contributed by atoms with Crippen molar-refractivity contribution in [2.45, 2.75) is 12.7 Å². The summed E-state index contributed by atoms with van der Waals surface area (Å²) in [6.07, 6.45) is 2.11. The summed E-state index contributed by atoms with van der Waals surface area (Å²) in [5.41, 5.74) is 5.39. The Bertz CT molecular complexity index is 332. The second-order valence-corrected chi connectivity index (χ2v) is 2.66. The molecule has 0 spiro atoms. The molecular weight excluding hydrogens is 160 g/mol. The van der Waals surface area contributed by atoms with Gasteiger partial charge in [0.05, 0.1) is 12.4 Å². The molecule has 0 aliphatic carbocycles. The molecule has 0 fully saturated rings. The lowest BCUT2D eigenvalue weighted by molar-refractivity contribution is -0.589. The Labute approximate surface area is 68.2 Å². The number of Topliss-reactive ketones (excluding diaryl/α,β-unsaturated/α-hetero) is 1. The monoisotopic (exact) mass is 168 g/mol. The lowest BCUT2D eigenvalue weighted by Gasteiger charge is -2.16. The fourth-order valence-electron chi connectivity index (χ4n) is 1.17. The van der Waals surface area contributed by atoms with Crippen molar-refractivity contribution in [3.63, 3.8) is 0 Å². The Balaban J connectivity index is 2.43. The zero-order chi connectivity index (χ0) is 8.72. The Hall–Kier alpha value is -1.56. The predicted molar refractivity (Wildman–Crippen MR) is 40.0 cm³/mol. The van der Waals surface area contributed by atoms with Crippen LogP contribution in [0.5, 0.6) is 0 Å². The summed E-state index contributed by atoms with van der Waals surface area (Å²) >= 11 is 0. The third-order valence-electron chi connectivity index (χ3n) is 1.82. The minimum absolute atomic E-state index is 0.126. The molecule has 12 heavy (non-hydrogen) atoms. The van der Waals surface area contributed by atoms with E-state index in [9.17, 15) is 10.0 Å². The van der Waals surface area contributed by atoms with Gasteiger partial charge < -0.3 is 5.21 Å². The minimum atomic E-state index is -0.757. The third-order valence-corrected chi connectivity index (χ3v) is 1.82. The van der Waals surface area contributed by atoms with Gasteiger partial charge in [-0.05, 0) is 0 Å². The van der Waals surface area contributed by atoms with E-state index in [1.54, 1.807) is 6.20 Å². The lowest BCUT2D eigenvalue weighted by Crippen LogP contribution is -2.48. The molecule has 1 aliphatic rings. The highest BCUT2D eigenvalue weighted by Crippen LogP contribution is 2.08. The van der Waals surface area contributed by atoms with E-state index in [1.165, 1.54) is 10.8 Å². The number of imidazole rings is 1. The van der Waals surface area contributed by atoms with Crippen LogP contribution < -0.4 is 15.8 Å². The molecule has 0 aromatic carbocycles. The number of nitrogens with two attached hydrogens (primary N) is 1. The Kier molecular flexibility index (Phi) is 1.31. The first kappa shape index (κ1) is 7.11. The summed E-state index contributed by atoms with van der Waals surface area (Å²) in [5.74, 6) is 0.195. The molecule has 1 aromatic rings. The summed E-state index contributed by atoms with van der Waals surface area (Å²) in [4.78, 5) is 11.0. The summed E-state index contributed by atoms with van der Waals surface area (Å²) in [6, 6.07) is 0. The number of nitrogens with one attached hydrogen (secondary N) is 1. The first-order chi connectivity index (χ1) is 5.68. The average Bonchev–Trinajstić information content (AvgIpc) is 2.35. The Morgan fingerprint density at radius 2 is 2.58 bits per heavy atom. The van der Waals surface area contributed by atoms with E-state index in [1.807, 2.05) is 0 Å². The fraction of sp³-hybridized carbons (Fsp3) is 0.333. The van der Waals surface area contributed by atoms with E-state index in [0.717, 1.165) is 0 Å². The normalized spacial score (nSPS) is 21.8. The summed E-state index contributed by atoms with van der Waals surface area (Å²) in [7, 11) is 0. The first-order valence-electron chi connectivity index (χ1n) is 3.51. The van der Waals surface area contributed by atoms with Crippen LogP contribution in [0, 0.1) is 5.21 Å². The smallest absolute Gasteiger partial charge is 0.359 e. The van der Waals surface area contributed by atoms with E-state index >= 15 is 0 Å². The maximum atomic E-state index is 11.0. The number of rotatable bonds is 0. The molecule has 0 saturated heterocycles. The van der Waals surface area contributed by atoms with Gasteiger partial charge in [-0.3, -0.25) is 15.8 Å². The molecule has 1 aliphatic heterocycles. The van der Waals surface area contributed by atoms with Crippen LogP contribution in [0.15, 0.2) is 12.4 Å². The summed E-state index contributed by atoms with van der Waals surface area (Å²) in [5, 5.41) is 13.6. The van der Waals surface area contributed by atoms with Crippen molar-refractivity contribution in [1.82, 2.24) is 4.57 Å². The van der Waals surface area contributed by atoms with Crippen molar-refractivity contribution in [3.05, 3.63) is 17.6 Å². The van der Waals surface area contributed by atoms with Crippen molar-refractivity contribution in [3.8, 4) is 0 Å². The highest BCUT2D eigenvalue weighted by molar-refractivity contribution is 5.87. The lowest BCUT2D eigenvalue weighted by atomic mass is 10.3. The number of carbonyl (C=O) groups excluding carboxylic acids is 1. The van der Waals surface area contributed by atoms with Crippen molar-refractivity contribution in [1.29, 1.82) is 0 Å². The van der Waals surface area contributed by atoms with Crippen LogP contribution in [0.3, 0.4) is 0 Å². The van der Waals surface area contributed by atoms with Crippen molar-refractivity contribution < 1.29 is 9.52 Å². The van der Waals surface area contributed by atoms with Gasteiger partial charge in [0.25, 0.3) is 0 Å². The van der Waals surface area contributed by atoms with Crippen LogP contribution in [0.25, 0.3) is 0 Å². The van der Waals surface area contributed by atoms with Gasteiger partial charge >= 0.3 is 5.95 Å². The third kappa shape index (κ3) is 0.850. The molecule has 6 nitrogen and oxygen atoms in total. The van der Waals surface area contributed by atoms with Crippen LogP contribution >= 0.6 is 0 Å². The van der Waals surface area contributed by atoms with Crippen LogP contribution in [0.4, 0.5) is 5.95 Å². The standard InChI is InChI=1S/C6H8N4O2/c7-5-4(11)3-9-1-2-10(12)6(9)8-5/h1-2,5,8H,3,7H2. The highest BCUT2D eigenvalue weighted by Gasteiger charge is 2.29. The fourth-order valence-corrected chi connectivity index (χ4v) is 1.17. The zero-order valence-electron chi connectivity index (χ0n) is 6.23. The molecule has 3 N–H and O–H groups in total. The number of nitrogens with zero attached hydrogens (tertiary/aromatic N) is 2. The van der Waals surface area contributed by atoms with Gasteiger partial charge in [-0.15, -0.1) is 0 Å². The SMILES string of the molecule is NC1Nc2n(cc[n+]2[O-])CC1=O. The van der Waals surface area contributed by atoms with E-state index in [4.69, 9.17) is 5.73 Å². The van der Waals surface area contributed by atoms with Crippen molar-refractivity contribution >= 4 is 11.7 Å². The number of hydrogen-bond donors (Lipinski definition) is 2. The maximum Gasteiger partial charge on any atom is 0.359 e. The molecule has 0 bridgehead atoms. The highest BCUT2D eigenvalue weighted by atomic mass is 16.5. The molecule has 0 saturated carbocycles. The second kappa shape index (κ2) is 2.21. The average molecular weight is 168 g/mol. The van der Waals surface area contributed by atoms with Crippen LogP contribution in [-0.2, 0) is 11.3 Å². The van der Waals surface area contributed by atoms with E-state index in [2.05, 4.69) is 5.32 Å². The second-order valence-electron chi connectivity index (χ2n) is 2.66. The molecule has 1 unspecified atom stereocenters. The quantitative estimate of drug-likeness (QED) is 0.361. The predicted octanol–water partition coefficient (Wildman–Crippen LogP) is -1.60. The van der Waals surface area contributed by atoms with Gasteiger partial charge in [-0.25, -0.2) is 9.30 Å². The molecule has 64 valence electrons. The van der Waals surface area contributed by atoms with Gasteiger partial charge in [-0.1, -0.05) is 0 Å². The molecule has 0 radical (unpaired) electrons. The molecular formula is C6H8N4O2. The van der Waals surface area contributed by atoms with E-state index < -0.39 is 6.17 Å². The van der Waals surface area contributed by atoms with Crippen LogP contribution in [-0.4, -0.2) is 16.5 Å². The summed E-state index contributed by atoms with van der Waals surface area (Å²) in [6.45, 7) is 0.165. The number of anilines is 1. The van der Waals surface area contributed by atoms with Crippen LogP contribution in [0.2, 0.25) is 0 Å². The van der Waals surface area contributed by atoms with E-state index in [0.29, 0.717) is 10.7 Å². The number of carbonyl (C=O) groups is 1. The molecule has 1 aromatic heterocycles. The van der Waals surface area contributed by atoms with Crippen LogP contribution in [0.1, 0.15) is 0 Å². The molecule has 6 heteroatoms. The van der Waals surface area contributed by atoms with Gasteiger partial charge in [0.1, 0.15) is 6.54 Å². The molecule has 2 rings (SSSR count). The number of ketones is 1. The summed E-state index contributed by atoms with van der Waals surface area (Å²) < 4.78 is 2.17. The molecule has 0 amide bonds. The van der Waals surface area contributed by atoms with Gasteiger partial charge in [-0.2, -0.15) is 0 Å². The number of hydrogen-bond acceptors (Lipinski definition) is 4. The van der Waals surface area contributed by atoms with Crippen molar-refractivity contribution in [2.24, 2.45) is 5.73 Å². The van der Waals surface area contributed by atoms with E-state index in [-0.39, 0.29) is 12.3 Å². The van der Waals surface area contributed by atoms with Gasteiger partial charge in [0.15, 0.2) is 6.17 Å². The number of aromatic nitrogens is 2. The minimum Gasteiger partial charge on any atom is -0.740 e. The Morgan fingerprint density at radius 3 is 3.33 bits per heavy atom. The Morgan fingerprint density at radius 1 is 1.83 bits per heavy atom. The number of fused-ring (bicyclic) bond motifs is 1. The first-order valence-corrected chi connectivity index (χ1v) is 3.51. The molecule has 2 heterocycles.